The normalized spacial score (nSPS) is 13.4. The van der Waals surface area contributed by atoms with Crippen molar-refractivity contribution in [3.63, 3.8) is 0 Å². The molecule has 1 atom stereocenters. The average Bonchev–Trinajstić information content (AvgIpc) is 3.95. The molecule has 52 heavy (non-hydrogen) atoms. The van der Waals surface area contributed by atoms with Crippen molar-refractivity contribution < 1.29 is 37.7 Å². The Morgan fingerprint density at radius 3 is 1.75 bits per heavy atom. The van der Waals surface area contributed by atoms with Gasteiger partial charge >= 0.3 is 11.9 Å². The molecule has 1 aliphatic rings. The summed E-state index contributed by atoms with van der Waals surface area (Å²) in [6.45, 7) is 15.3. The van der Waals surface area contributed by atoms with Crippen LogP contribution in [0.4, 0.5) is 4.39 Å². The summed E-state index contributed by atoms with van der Waals surface area (Å²) >= 11 is 0. The molecule has 1 unspecified atom stereocenters. The molecule has 0 aromatic heterocycles. The van der Waals surface area contributed by atoms with Crippen molar-refractivity contribution in [2.75, 3.05) is 33.0 Å². The fourth-order valence-corrected chi connectivity index (χ4v) is 6.05. The van der Waals surface area contributed by atoms with Gasteiger partial charge in [-0.15, -0.1) is 0 Å². The first-order valence-corrected chi connectivity index (χ1v) is 19.7. The van der Waals surface area contributed by atoms with Gasteiger partial charge in [0.25, 0.3) is 0 Å². The smallest absolute Gasteiger partial charge is 0.333 e. The van der Waals surface area contributed by atoms with Crippen molar-refractivity contribution >= 4 is 11.9 Å². The van der Waals surface area contributed by atoms with Gasteiger partial charge < -0.3 is 23.7 Å². The Morgan fingerprint density at radius 2 is 1.23 bits per heavy atom. The molecular formula is C44H63FO7. The third kappa shape index (κ3) is 16.8. The summed E-state index contributed by atoms with van der Waals surface area (Å²) in [4.78, 5) is 24.0. The van der Waals surface area contributed by atoms with Crippen LogP contribution < -0.4 is 9.47 Å². The lowest BCUT2D eigenvalue weighted by molar-refractivity contribution is -0.139. The number of halogens is 1. The second kappa shape index (κ2) is 24.6. The molecule has 0 bridgehead atoms. The summed E-state index contributed by atoms with van der Waals surface area (Å²) in [6, 6.07) is 9.03. The average molecular weight is 723 g/mol. The molecule has 2 aromatic carbocycles. The molecule has 0 saturated carbocycles. The molecule has 8 heteroatoms. The molecule has 3 rings (SSSR count). The predicted octanol–water partition coefficient (Wildman–Crippen LogP) is 10.8. The van der Waals surface area contributed by atoms with E-state index < -0.39 is 11.9 Å². The van der Waals surface area contributed by atoms with E-state index in [9.17, 15) is 9.59 Å². The van der Waals surface area contributed by atoms with Gasteiger partial charge in [-0.1, -0.05) is 84.3 Å². The molecule has 1 fully saturated rings. The Balaban J connectivity index is 1.75. The number of epoxide rings is 1. The highest BCUT2D eigenvalue weighted by Crippen LogP contribution is 2.35. The van der Waals surface area contributed by atoms with E-state index in [0.29, 0.717) is 67.5 Å². The van der Waals surface area contributed by atoms with Crippen LogP contribution in [0.1, 0.15) is 128 Å². The van der Waals surface area contributed by atoms with E-state index in [0.717, 1.165) is 74.0 Å². The second-order valence-electron chi connectivity index (χ2n) is 14.1. The van der Waals surface area contributed by atoms with E-state index in [1.54, 1.807) is 19.9 Å². The minimum atomic E-state index is -0.421. The summed E-state index contributed by atoms with van der Waals surface area (Å²) in [5.74, 6) is 0.0816. The lowest BCUT2D eigenvalue weighted by Gasteiger charge is -2.19. The van der Waals surface area contributed by atoms with E-state index in [2.05, 4.69) is 20.1 Å². The number of carbonyl (C=O) groups is 2. The maximum Gasteiger partial charge on any atom is 0.333 e. The van der Waals surface area contributed by atoms with Crippen LogP contribution in [0.3, 0.4) is 0 Å². The number of aryl methyl sites for hydroxylation is 2. The zero-order valence-electron chi connectivity index (χ0n) is 32.2. The number of ether oxygens (including phenoxy) is 5. The quantitative estimate of drug-likeness (QED) is 0.0358. The molecule has 0 radical (unpaired) electrons. The van der Waals surface area contributed by atoms with Gasteiger partial charge in [-0.2, -0.15) is 0 Å². The Kier molecular flexibility index (Phi) is 20.2. The first-order valence-electron chi connectivity index (χ1n) is 19.7. The minimum absolute atomic E-state index is 0.228. The lowest BCUT2D eigenvalue weighted by atomic mass is 9.94. The van der Waals surface area contributed by atoms with Crippen LogP contribution in [0.2, 0.25) is 0 Å². The minimum Gasteiger partial charge on any atom is -0.493 e. The molecule has 288 valence electrons. The van der Waals surface area contributed by atoms with Crippen LogP contribution in [-0.2, 0) is 36.6 Å². The number of carbonyl (C=O) groups excluding carboxylic acids is 2. The molecule has 0 spiro atoms. The van der Waals surface area contributed by atoms with Crippen molar-refractivity contribution in [3.05, 3.63) is 71.6 Å². The maximum atomic E-state index is 15.8. The predicted molar refractivity (Wildman–Crippen MR) is 206 cm³/mol. The molecule has 0 aliphatic carbocycles. The summed E-state index contributed by atoms with van der Waals surface area (Å²) in [6.07, 6.45) is 17.7. The van der Waals surface area contributed by atoms with Gasteiger partial charge in [0.15, 0.2) is 0 Å². The third-order valence-corrected chi connectivity index (χ3v) is 9.17. The number of hydrogen-bond acceptors (Lipinski definition) is 7. The van der Waals surface area contributed by atoms with Crippen molar-refractivity contribution in [2.24, 2.45) is 0 Å². The number of esters is 2. The third-order valence-electron chi connectivity index (χ3n) is 9.17. The zero-order valence-corrected chi connectivity index (χ0v) is 32.2. The van der Waals surface area contributed by atoms with Crippen molar-refractivity contribution in [2.45, 2.75) is 136 Å². The van der Waals surface area contributed by atoms with E-state index in [1.807, 2.05) is 18.2 Å². The van der Waals surface area contributed by atoms with Gasteiger partial charge in [0, 0.05) is 22.8 Å². The largest absolute Gasteiger partial charge is 0.493 e. The van der Waals surface area contributed by atoms with Gasteiger partial charge in [0.05, 0.1) is 39.1 Å². The van der Waals surface area contributed by atoms with Crippen LogP contribution >= 0.6 is 0 Å². The Labute approximate surface area is 312 Å². The van der Waals surface area contributed by atoms with E-state index in [1.165, 1.54) is 44.6 Å². The van der Waals surface area contributed by atoms with Crippen LogP contribution in [0.25, 0.3) is 11.1 Å². The van der Waals surface area contributed by atoms with Gasteiger partial charge in [0.1, 0.15) is 17.3 Å². The molecule has 1 saturated heterocycles. The van der Waals surface area contributed by atoms with Crippen LogP contribution in [-0.4, -0.2) is 51.1 Å². The summed E-state index contributed by atoms with van der Waals surface area (Å²) in [7, 11) is 0. The van der Waals surface area contributed by atoms with Gasteiger partial charge in [-0.05, 0) is 99.7 Å². The second-order valence-corrected chi connectivity index (χ2v) is 14.1. The van der Waals surface area contributed by atoms with E-state index >= 15 is 4.39 Å². The Hall–Kier alpha value is -3.65. The molecule has 0 N–H and O–H groups in total. The zero-order chi connectivity index (χ0) is 37.6. The van der Waals surface area contributed by atoms with Crippen LogP contribution in [0.5, 0.6) is 11.5 Å². The fourth-order valence-electron chi connectivity index (χ4n) is 6.05. The number of hydrogen-bond donors (Lipinski definition) is 0. The maximum absolute atomic E-state index is 15.8. The standard InChI is InChI=1S/C44H63FO7/c1-6-7-8-9-10-11-13-16-25-48-38-23-24-40(41(45)31-38)37-29-35(20-18-27-50-43(46)33(2)3)42(49-26-17-14-12-15-22-39-32-52-39)36(30-37)21-19-28-51-44(47)34(4)5/h23-24,29-31,39H,2,4,6-22,25-28,32H2,1,3,5H3. The van der Waals surface area contributed by atoms with E-state index in [4.69, 9.17) is 23.7 Å². The number of rotatable bonds is 29. The summed E-state index contributed by atoms with van der Waals surface area (Å²) in [5, 5.41) is 0. The number of benzene rings is 2. The van der Waals surface area contributed by atoms with Crippen molar-refractivity contribution in [1.82, 2.24) is 0 Å². The fraction of sp³-hybridized carbons (Fsp3) is 0.591. The Morgan fingerprint density at radius 1 is 0.712 bits per heavy atom. The van der Waals surface area contributed by atoms with E-state index in [-0.39, 0.29) is 19.0 Å². The molecule has 1 heterocycles. The highest BCUT2D eigenvalue weighted by Gasteiger charge is 2.21. The van der Waals surface area contributed by atoms with Crippen LogP contribution in [0, 0.1) is 5.82 Å². The first-order chi connectivity index (χ1) is 25.2. The van der Waals surface area contributed by atoms with Gasteiger partial charge in [-0.3, -0.25) is 0 Å². The van der Waals surface area contributed by atoms with Gasteiger partial charge in [0.2, 0.25) is 0 Å². The summed E-state index contributed by atoms with van der Waals surface area (Å²) < 4.78 is 44.3. The molecule has 2 aromatic rings. The Bertz CT molecular complexity index is 1360. The van der Waals surface area contributed by atoms with Crippen molar-refractivity contribution in [1.29, 1.82) is 0 Å². The van der Waals surface area contributed by atoms with Gasteiger partial charge in [-0.25, -0.2) is 14.0 Å². The van der Waals surface area contributed by atoms with Crippen molar-refractivity contribution in [3.8, 4) is 22.6 Å². The summed E-state index contributed by atoms with van der Waals surface area (Å²) in [5.41, 5.74) is 3.73. The molecule has 7 nitrogen and oxygen atoms in total. The highest BCUT2D eigenvalue weighted by atomic mass is 19.1. The number of unbranched alkanes of at least 4 members (excludes halogenated alkanes) is 10. The topological polar surface area (TPSA) is 83.6 Å². The highest BCUT2D eigenvalue weighted by molar-refractivity contribution is 5.87. The van der Waals surface area contributed by atoms with Crippen LogP contribution in [0.15, 0.2) is 54.6 Å². The monoisotopic (exact) mass is 722 g/mol. The molecule has 1 aliphatic heterocycles. The SMILES string of the molecule is C=C(C)C(=O)OCCCc1cc(-c2ccc(OCCCCCCCCCC)cc2F)cc(CCCOC(=O)C(=C)C)c1OCCCCCCC1CO1. The molecule has 0 amide bonds. The lowest BCUT2D eigenvalue weighted by Crippen LogP contribution is -2.10. The first kappa shape index (κ1) is 42.8. The molecular weight excluding hydrogens is 659 g/mol.